The molecule has 3 N–H and O–H groups in total. The molecule has 0 radical (unpaired) electrons. The fraction of sp³-hybridized carbons (Fsp3) is 0.391. The number of nitrogens with one attached hydrogen (secondary N) is 3. The zero-order valence-corrected chi connectivity index (χ0v) is 20.2. The van der Waals surface area contributed by atoms with Gasteiger partial charge in [-0.2, -0.15) is 0 Å². The molecule has 2 aromatic rings. The highest BCUT2D eigenvalue weighted by molar-refractivity contribution is 14.0. The quantitative estimate of drug-likeness (QED) is 0.265. The van der Waals surface area contributed by atoms with Crippen molar-refractivity contribution >= 4 is 41.5 Å². The Labute approximate surface area is 200 Å². The molecule has 0 aliphatic heterocycles. The number of carbonyl (C=O) groups is 1. The van der Waals surface area contributed by atoms with Crippen molar-refractivity contribution in [3.63, 3.8) is 0 Å². The summed E-state index contributed by atoms with van der Waals surface area (Å²) in [6.45, 7) is 3.03. The van der Waals surface area contributed by atoms with Crippen molar-refractivity contribution in [3.05, 3.63) is 59.9 Å². The van der Waals surface area contributed by atoms with Crippen molar-refractivity contribution < 1.29 is 13.9 Å². The molecule has 31 heavy (non-hydrogen) atoms. The van der Waals surface area contributed by atoms with E-state index in [1.54, 1.807) is 19.2 Å². The summed E-state index contributed by atoms with van der Waals surface area (Å²) in [4.78, 5) is 16.4. The third kappa shape index (κ3) is 8.01. The van der Waals surface area contributed by atoms with Gasteiger partial charge in [0.2, 0.25) is 5.91 Å². The second-order valence-electron chi connectivity index (χ2n) is 7.51. The maximum absolute atomic E-state index is 13.0. The number of anilines is 1. The summed E-state index contributed by atoms with van der Waals surface area (Å²) >= 11 is 0. The number of hydrogen-bond donors (Lipinski definition) is 3. The van der Waals surface area contributed by atoms with Crippen molar-refractivity contribution in [2.45, 2.75) is 38.8 Å². The standard InChI is InChI=1S/C23H29FN4O2.HI/c1-16(30-21-11-9-19(24)10-12-21)14-26-23(25-2)27-15-17-5-3-8-20(13-17)28-22(29)18-6-4-7-18;/h3,5,8-13,16,18H,4,6-7,14-15H2,1-2H3,(H,28,29)(H2,25,26,27);1H. The molecule has 0 heterocycles. The SMILES string of the molecule is CN=C(NCc1cccc(NC(=O)C2CCC2)c1)NCC(C)Oc1ccc(F)cc1.I. The van der Waals surface area contributed by atoms with Gasteiger partial charge in [0.25, 0.3) is 0 Å². The second-order valence-corrected chi connectivity index (χ2v) is 7.51. The first-order valence-electron chi connectivity index (χ1n) is 10.3. The molecule has 1 amide bonds. The third-order valence-corrected chi connectivity index (χ3v) is 5.06. The Bertz CT molecular complexity index is 872. The first-order valence-corrected chi connectivity index (χ1v) is 10.3. The number of guanidine groups is 1. The van der Waals surface area contributed by atoms with Gasteiger partial charge >= 0.3 is 0 Å². The van der Waals surface area contributed by atoms with Crippen LogP contribution in [0.1, 0.15) is 31.7 Å². The molecular formula is C23H30FIN4O2. The minimum atomic E-state index is -0.288. The molecule has 2 aromatic carbocycles. The van der Waals surface area contributed by atoms with E-state index in [1.165, 1.54) is 12.1 Å². The monoisotopic (exact) mass is 540 g/mol. The van der Waals surface area contributed by atoms with Gasteiger partial charge in [-0.1, -0.05) is 18.6 Å². The lowest BCUT2D eigenvalue weighted by Crippen LogP contribution is -2.41. The minimum Gasteiger partial charge on any atom is -0.489 e. The highest BCUT2D eigenvalue weighted by Gasteiger charge is 2.25. The van der Waals surface area contributed by atoms with E-state index in [2.05, 4.69) is 20.9 Å². The number of halogens is 2. The fourth-order valence-corrected chi connectivity index (χ4v) is 3.11. The highest BCUT2D eigenvalue weighted by Crippen LogP contribution is 2.27. The average Bonchev–Trinajstić information content (AvgIpc) is 2.69. The van der Waals surface area contributed by atoms with Gasteiger partial charge in [-0.15, -0.1) is 24.0 Å². The molecular weight excluding hydrogens is 510 g/mol. The summed E-state index contributed by atoms with van der Waals surface area (Å²) in [7, 11) is 1.70. The summed E-state index contributed by atoms with van der Waals surface area (Å²) in [5.74, 6) is 1.25. The van der Waals surface area contributed by atoms with Gasteiger partial charge in [-0.25, -0.2) is 4.39 Å². The van der Waals surface area contributed by atoms with E-state index in [9.17, 15) is 9.18 Å². The van der Waals surface area contributed by atoms with E-state index in [1.807, 2.05) is 31.2 Å². The van der Waals surface area contributed by atoms with E-state index in [0.29, 0.717) is 24.8 Å². The lowest BCUT2D eigenvalue weighted by atomic mass is 9.85. The molecule has 3 rings (SSSR count). The van der Waals surface area contributed by atoms with Gasteiger partial charge in [0.15, 0.2) is 5.96 Å². The molecule has 0 spiro atoms. The summed E-state index contributed by atoms with van der Waals surface area (Å²) < 4.78 is 18.7. The van der Waals surface area contributed by atoms with Crippen LogP contribution in [-0.4, -0.2) is 31.6 Å². The van der Waals surface area contributed by atoms with E-state index >= 15 is 0 Å². The molecule has 168 valence electrons. The van der Waals surface area contributed by atoms with Crippen LogP contribution in [0.5, 0.6) is 5.75 Å². The normalized spacial score (nSPS) is 14.6. The Morgan fingerprint density at radius 1 is 1.19 bits per heavy atom. The Morgan fingerprint density at radius 3 is 2.58 bits per heavy atom. The van der Waals surface area contributed by atoms with Crippen LogP contribution in [0.3, 0.4) is 0 Å². The molecule has 1 aliphatic carbocycles. The van der Waals surface area contributed by atoms with Crippen molar-refractivity contribution in [2.75, 3.05) is 18.9 Å². The zero-order valence-electron chi connectivity index (χ0n) is 17.9. The molecule has 1 saturated carbocycles. The number of carbonyl (C=O) groups excluding carboxylic acids is 1. The number of aliphatic imine (C=N–C) groups is 1. The fourth-order valence-electron chi connectivity index (χ4n) is 3.11. The molecule has 8 heteroatoms. The van der Waals surface area contributed by atoms with Gasteiger partial charge in [0.05, 0.1) is 6.54 Å². The molecule has 1 fully saturated rings. The van der Waals surface area contributed by atoms with Crippen molar-refractivity contribution in [2.24, 2.45) is 10.9 Å². The molecule has 1 atom stereocenters. The second kappa shape index (κ2) is 12.5. The first kappa shape index (κ1) is 24.9. The van der Waals surface area contributed by atoms with Crippen LogP contribution < -0.4 is 20.7 Å². The van der Waals surface area contributed by atoms with Gasteiger partial charge < -0.3 is 20.7 Å². The molecule has 1 aliphatic rings. The highest BCUT2D eigenvalue weighted by atomic mass is 127. The Morgan fingerprint density at radius 2 is 1.94 bits per heavy atom. The van der Waals surface area contributed by atoms with E-state index in [0.717, 1.165) is 30.5 Å². The number of rotatable bonds is 8. The average molecular weight is 540 g/mol. The number of benzene rings is 2. The van der Waals surface area contributed by atoms with Crippen LogP contribution in [0, 0.1) is 11.7 Å². The van der Waals surface area contributed by atoms with E-state index in [-0.39, 0.29) is 47.7 Å². The maximum Gasteiger partial charge on any atom is 0.227 e. The van der Waals surface area contributed by atoms with Crippen LogP contribution in [-0.2, 0) is 11.3 Å². The summed E-state index contributed by atoms with van der Waals surface area (Å²) in [6, 6.07) is 13.8. The number of nitrogens with zero attached hydrogens (tertiary/aromatic N) is 1. The number of amides is 1. The van der Waals surface area contributed by atoms with Crippen molar-refractivity contribution in [3.8, 4) is 5.75 Å². The molecule has 1 unspecified atom stereocenters. The van der Waals surface area contributed by atoms with E-state index in [4.69, 9.17) is 4.74 Å². The topological polar surface area (TPSA) is 74.8 Å². The van der Waals surface area contributed by atoms with Crippen LogP contribution in [0.4, 0.5) is 10.1 Å². The smallest absolute Gasteiger partial charge is 0.227 e. The summed E-state index contributed by atoms with van der Waals surface area (Å²) in [5.41, 5.74) is 1.86. The largest absolute Gasteiger partial charge is 0.489 e. The Kier molecular flexibility index (Phi) is 10.0. The third-order valence-electron chi connectivity index (χ3n) is 5.06. The van der Waals surface area contributed by atoms with Crippen molar-refractivity contribution in [1.82, 2.24) is 10.6 Å². The van der Waals surface area contributed by atoms with Gasteiger partial charge in [0, 0.05) is 25.2 Å². The van der Waals surface area contributed by atoms with Crippen LogP contribution in [0.2, 0.25) is 0 Å². The number of hydrogen-bond acceptors (Lipinski definition) is 3. The summed E-state index contributed by atoms with van der Waals surface area (Å²) in [6.07, 6.45) is 2.98. The Balaban J connectivity index is 0.00000341. The van der Waals surface area contributed by atoms with Gasteiger partial charge in [-0.3, -0.25) is 9.79 Å². The molecule has 0 saturated heterocycles. The predicted octanol–water partition coefficient (Wildman–Crippen LogP) is 4.31. The van der Waals surface area contributed by atoms with Crippen LogP contribution in [0.15, 0.2) is 53.5 Å². The van der Waals surface area contributed by atoms with Gasteiger partial charge in [-0.05, 0) is 61.7 Å². The van der Waals surface area contributed by atoms with E-state index < -0.39 is 0 Å². The van der Waals surface area contributed by atoms with Crippen LogP contribution >= 0.6 is 24.0 Å². The van der Waals surface area contributed by atoms with Crippen LogP contribution in [0.25, 0.3) is 0 Å². The molecule has 0 aromatic heterocycles. The van der Waals surface area contributed by atoms with Gasteiger partial charge in [0.1, 0.15) is 17.7 Å². The van der Waals surface area contributed by atoms with Crippen molar-refractivity contribution in [1.29, 1.82) is 0 Å². The summed E-state index contributed by atoms with van der Waals surface area (Å²) in [5, 5.41) is 9.48. The predicted molar refractivity (Wildman–Crippen MR) is 133 cm³/mol. The lowest BCUT2D eigenvalue weighted by molar-refractivity contribution is -0.122. The molecule has 6 nitrogen and oxygen atoms in total. The first-order chi connectivity index (χ1) is 14.5. The lowest BCUT2D eigenvalue weighted by Gasteiger charge is -2.24. The minimum absolute atomic E-state index is 0. The maximum atomic E-state index is 13.0. The number of ether oxygens (including phenoxy) is 1. The molecule has 0 bridgehead atoms. The zero-order chi connectivity index (χ0) is 21.3. The Hall–Kier alpha value is -2.36.